The summed E-state index contributed by atoms with van der Waals surface area (Å²) in [7, 11) is 0. The van der Waals surface area contributed by atoms with E-state index in [-0.39, 0.29) is 29.1 Å². The smallest absolute Gasteiger partial charge is 0.272 e. The quantitative estimate of drug-likeness (QED) is 0.453. The summed E-state index contributed by atoms with van der Waals surface area (Å²) in [6, 6.07) is -0.484. The van der Waals surface area contributed by atoms with Crippen molar-refractivity contribution in [3.05, 3.63) is 16.3 Å². The number of nitro groups is 1. The molecule has 1 aromatic rings. The second kappa shape index (κ2) is 4.09. The number of carbonyl (C=O) groups excluding carboxylic acids is 2. The topological polar surface area (TPSA) is 96.7 Å². The highest BCUT2D eigenvalue weighted by Gasteiger charge is 2.37. The van der Waals surface area contributed by atoms with Crippen LogP contribution in [0.25, 0.3) is 0 Å². The van der Waals surface area contributed by atoms with Gasteiger partial charge in [-0.2, -0.15) is 0 Å². The Morgan fingerprint density at radius 1 is 1.59 bits per heavy atom. The van der Waals surface area contributed by atoms with Gasteiger partial charge in [0.2, 0.25) is 0 Å². The first-order valence-electron chi connectivity index (χ1n) is 4.76. The molecule has 0 radical (unpaired) electrons. The van der Waals surface area contributed by atoms with Crippen LogP contribution in [-0.4, -0.2) is 39.8 Å². The molecule has 1 saturated heterocycles. The first kappa shape index (κ1) is 11.5. The van der Waals surface area contributed by atoms with Crippen molar-refractivity contribution in [1.29, 1.82) is 0 Å². The Bertz CT molecular complexity index is 499. The molecule has 0 aliphatic carbocycles. The molecule has 9 heteroatoms. The molecule has 0 atom stereocenters. The van der Waals surface area contributed by atoms with Crippen LogP contribution in [0.3, 0.4) is 0 Å². The standard InChI is InChI=1S/C8H8N4O4S/c1-2-10-5(13)4-11(8(10)14)7-9-3-6(17-7)12(15)16/h3H,2,4H2,1H3. The van der Waals surface area contributed by atoms with Crippen LogP contribution in [-0.2, 0) is 4.79 Å². The molecule has 90 valence electrons. The highest BCUT2D eigenvalue weighted by atomic mass is 32.1. The molecule has 17 heavy (non-hydrogen) atoms. The lowest BCUT2D eigenvalue weighted by Crippen LogP contribution is -2.32. The molecule has 1 aliphatic rings. The summed E-state index contributed by atoms with van der Waals surface area (Å²) >= 11 is 0.773. The van der Waals surface area contributed by atoms with Gasteiger partial charge in [-0.3, -0.25) is 24.7 Å². The maximum Gasteiger partial charge on any atom is 0.345 e. The van der Waals surface area contributed by atoms with E-state index in [2.05, 4.69) is 4.98 Å². The van der Waals surface area contributed by atoms with Gasteiger partial charge >= 0.3 is 11.0 Å². The number of urea groups is 1. The van der Waals surface area contributed by atoms with Crippen molar-refractivity contribution in [2.45, 2.75) is 6.92 Å². The van der Waals surface area contributed by atoms with Crippen molar-refractivity contribution in [3.63, 3.8) is 0 Å². The zero-order chi connectivity index (χ0) is 12.6. The van der Waals surface area contributed by atoms with Crippen LogP contribution in [0.1, 0.15) is 6.92 Å². The lowest BCUT2D eigenvalue weighted by atomic mass is 10.5. The van der Waals surface area contributed by atoms with Gasteiger partial charge in [0.15, 0.2) is 5.13 Å². The first-order valence-corrected chi connectivity index (χ1v) is 5.58. The van der Waals surface area contributed by atoms with Crippen molar-refractivity contribution in [3.8, 4) is 0 Å². The maximum atomic E-state index is 11.8. The van der Waals surface area contributed by atoms with Gasteiger partial charge in [0.05, 0.1) is 4.92 Å². The van der Waals surface area contributed by atoms with E-state index >= 15 is 0 Å². The van der Waals surface area contributed by atoms with Crippen molar-refractivity contribution in [2.75, 3.05) is 18.0 Å². The molecule has 0 saturated carbocycles. The lowest BCUT2D eigenvalue weighted by molar-refractivity contribution is -0.380. The van der Waals surface area contributed by atoms with Crippen molar-refractivity contribution in [1.82, 2.24) is 9.88 Å². The third-order valence-electron chi connectivity index (χ3n) is 2.26. The van der Waals surface area contributed by atoms with E-state index in [9.17, 15) is 19.7 Å². The average Bonchev–Trinajstić information content (AvgIpc) is 2.84. The number of rotatable bonds is 3. The number of amides is 3. The Kier molecular flexibility index (Phi) is 2.76. The molecule has 1 fully saturated rings. The Labute approximate surface area is 99.6 Å². The monoisotopic (exact) mass is 256 g/mol. The molecule has 0 spiro atoms. The third kappa shape index (κ3) is 1.84. The fourth-order valence-corrected chi connectivity index (χ4v) is 2.19. The summed E-state index contributed by atoms with van der Waals surface area (Å²) in [4.78, 5) is 39.1. The molecule has 2 heterocycles. The van der Waals surface area contributed by atoms with Gasteiger partial charge in [-0.15, -0.1) is 0 Å². The number of hydrogen-bond acceptors (Lipinski definition) is 6. The fourth-order valence-electron chi connectivity index (χ4n) is 1.47. The number of nitrogens with zero attached hydrogens (tertiary/aromatic N) is 4. The van der Waals surface area contributed by atoms with Crippen LogP contribution in [0, 0.1) is 10.1 Å². The van der Waals surface area contributed by atoms with E-state index in [1.54, 1.807) is 6.92 Å². The van der Waals surface area contributed by atoms with Crippen LogP contribution in [0.5, 0.6) is 0 Å². The normalized spacial score (nSPS) is 15.8. The summed E-state index contributed by atoms with van der Waals surface area (Å²) in [5, 5.41) is 10.5. The number of likely N-dealkylation sites (N-methyl/N-ethyl adjacent to an activating group) is 1. The number of thiazole rings is 1. The van der Waals surface area contributed by atoms with Gasteiger partial charge in [0, 0.05) is 6.54 Å². The molecule has 0 aromatic carbocycles. The molecule has 2 rings (SSSR count). The first-order chi connectivity index (χ1) is 8.04. The van der Waals surface area contributed by atoms with E-state index in [4.69, 9.17) is 0 Å². The average molecular weight is 256 g/mol. The number of anilines is 1. The Morgan fingerprint density at radius 3 is 2.76 bits per heavy atom. The van der Waals surface area contributed by atoms with Crippen molar-refractivity contribution < 1.29 is 14.5 Å². The van der Waals surface area contributed by atoms with Crippen LogP contribution >= 0.6 is 11.3 Å². The lowest BCUT2D eigenvalue weighted by Gasteiger charge is -2.12. The fraction of sp³-hybridized carbons (Fsp3) is 0.375. The van der Waals surface area contributed by atoms with E-state index in [1.165, 1.54) is 0 Å². The largest absolute Gasteiger partial charge is 0.345 e. The second-order valence-corrected chi connectivity index (χ2v) is 4.23. The molecule has 0 N–H and O–H groups in total. The van der Waals surface area contributed by atoms with Gasteiger partial charge in [0.1, 0.15) is 12.7 Å². The summed E-state index contributed by atoms with van der Waals surface area (Å²) in [6.45, 7) is 1.85. The summed E-state index contributed by atoms with van der Waals surface area (Å²) in [6.07, 6.45) is 1.08. The molecular weight excluding hydrogens is 248 g/mol. The molecular formula is C8H8N4O4S. The van der Waals surface area contributed by atoms with Gasteiger partial charge in [0.25, 0.3) is 5.91 Å². The second-order valence-electron chi connectivity index (χ2n) is 3.24. The summed E-state index contributed by atoms with van der Waals surface area (Å²) < 4.78 is 0. The zero-order valence-corrected chi connectivity index (χ0v) is 9.64. The molecule has 1 aliphatic heterocycles. The Balaban J connectivity index is 2.26. The van der Waals surface area contributed by atoms with Gasteiger partial charge in [-0.25, -0.2) is 9.78 Å². The van der Waals surface area contributed by atoms with E-state index < -0.39 is 11.0 Å². The van der Waals surface area contributed by atoms with Crippen molar-refractivity contribution in [2.24, 2.45) is 0 Å². The van der Waals surface area contributed by atoms with Gasteiger partial charge < -0.3 is 0 Å². The molecule has 8 nitrogen and oxygen atoms in total. The predicted molar refractivity (Wildman–Crippen MR) is 58.9 cm³/mol. The molecule has 0 unspecified atom stereocenters. The minimum absolute atomic E-state index is 0.114. The minimum Gasteiger partial charge on any atom is -0.272 e. The van der Waals surface area contributed by atoms with E-state index in [0.717, 1.165) is 27.3 Å². The summed E-state index contributed by atoms with van der Waals surface area (Å²) in [5.41, 5.74) is 0. The third-order valence-corrected chi connectivity index (χ3v) is 3.24. The molecule has 1 aromatic heterocycles. The van der Waals surface area contributed by atoms with E-state index in [1.807, 2.05) is 0 Å². The number of aromatic nitrogens is 1. The summed E-state index contributed by atoms with van der Waals surface area (Å²) in [5.74, 6) is -0.324. The highest BCUT2D eigenvalue weighted by molar-refractivity contribution is 7.18. The van der Waals surface area contributed by atoms with Gasteiger partial charge in [-0.05, 0) is 18.3 Å². The van der Waals surface area contributed by atoms with Crippen LogP contribution in [0.4, 0.5) is 14.9 Å². The highest BCUT2D eigenvalue weighted by Crippen LogP contribution is 2.30. The Morgan fingerprint density at radius 2 is 2.29 bits per heavy atom. The van der Waals surface area contributed by atoms with Crippen LogP contribution < -0.4 is 4.90 Å². The van der Waals surface area contributed by atoms with Crippen LogP contribution in [0.15, 0.2) is 6.20 Å². The van der Waals surface area contributed by atoms with Crippen molar-refractivity contribution >= 4 is 33.4 Å². The Hall–Kier alpha value is -2.03. The number of hydrogen-bond donors (Lipinski definition) is 0. The van der Waals surface area contributed by atoms with E-state index in [0.29, 0.717) is 0 Å². The van der Waals surface area contributed by atoms with Crippen LogP contribution in [0.2, 0.25) is 0 Å². The molecule has 3 amide bonds. The van der Waals surface area contributed by atoms with Gasteiger partial charge in [-0.1, -0.05) is 0 Å². The predicted octanol–water partition coefficient (Wildman–Crippen LogP) is 0.840. The molecule has 0 bridgehead atoms. The number of imide groups is 1. The SMILES string of the molecule is CCN1C(=O)CN(c2ncc([N+](=O)[O-])s2)C1=O. The minimum atomic E-state index is -0.582. The zero-order valence-electron chi connectivity index (χ0n) is 8.82. The maximum absolute atomic E-state index is 11.8. The number of carbonyl (C=O) groups is 2.